The van der Waals surface area contributed by atoms with Gasteiger partial charge in [0.15, 0.2) is 0 Å². The molecule has 0 saturated carbocycles. The van der Waals surface area contributed by atoms with E-state index in [1.165, 1.54) is 9.75 Å². The Morgan fingerprint density at radius 1 is 1.29 bits per heavy atom. The molecule has 0 amide bonds. The molecule has 0 saturated heterocycles. The fourth-order valence-electron chi connectivity index (χ4n) is 1.58. The molecule has 0 aliphatic heterocycles. The van der Waals surface area contributed by atoms with E-state index in [0.29, 0.717) is 0 Å². The molecule has 0 radical (unpaired) electrons. The molecule has 17 heavy (non-hydrogen) atoms. The number of methoxy groups -OCH3 is 1. The summed E-state index contributed by atoms with van der Waals surface area (Å²) in [6.45, 7) is 2.89. The lowest BCUT2D eigenvalue weighted by atomic mass is 10.2. The number of nitrogens with two attached hydrogens (primary N) is 1. The summed E-state index contributed by atoms with van der Waals surface area (Å²) >= 11 is 1.79. The average molecular weight is 248 g/mol. The summed E-state index contributed by atoms with van der Waals surface area (Å²) in [5.41, 5.74) is 7.55. The fraction of sp³-hybridized carbons (Fsp3) is 0.231. The molecule has 0 atom stereocenters. The number of hydrogen-bond donors (Lipinski definition) is 2. The summed E-state index contributed by atoms with van der Waals surface area (Å²) in [6.07, 6.45) is 0. The molecular formula is C13H16N2OS. The molecule has 0 fully saturated rings. The van der Waals surface area contributed by atoms with E-state index in [1.54, 1.807) is 18.4 Å². The second-order valence-electron chi connectivity index (χ2n) is 3.82. The number of hydrogen-bond acceptors (Lipinski definition) is 4. The van der Waals surface area contributed by atoms with Crippen LogP contribution in [0.25, 0.3) is 0 Å². The van der Waals surface area contributed by atoms with Crippen molar-refractivity contribution in [1.29, 1.82) is 0 Å². The predicted octanol–water partition coefficient (Wildman–Crippen LogP) is 3.26. The number of thiophene rings is 1. The summed E-state index contributed by atoms with van der Waals surface area (Å²) in [5, 5.41) is 3.32. The third kappa shape index (κ3) is 2.91. The molecule has 90 valence electrons. The van der Waals surface area contributed by atoms with Crippen molar-refractivity contribution in [3.8, 4) is 5.75 Å². The first-order chi connectivity index (χ1) is 8.19. The highest BCUT2D eigenvalue weighted by Gasteiger charge is 2.02. The summed E-state index contributed by atoms with van der Waals surface area (Å²) in [4.78, 5) is 2.62. The van der Waals surface area contributed by atoms with E-state index in [9.17, 15) is 0 Å². The number of nitrogens with one attached hydrogen (secondary N) is 1. The molecule has 3 N–H and O–H groups in total. The zero-order valence-electron chi connectivity index (χ0n) is 9.99. The molecule has 0 aliphatic rings. The maximum absolute atomic E-state index is 5.90. The Morgan fingerprint density at radius 2 is 2.12 bits per heavy atom. The molecule has 2 rings (SSSR count). The number of nitrogen functional groups attached to an aromatic ring is 1. The van der Waals surface area contributed by atoms with Crippen LogP contribution in [0.2, 0.25) is 0 Å². The van der Waals surface area contributed by atoms with Crippen LogP contribution in [0.5, 0.6) is 5.75 Å². The van der Waals surface area contributed by atoms with Gasteiger partial charge in [0.25, 0.3) is 0 Å². The number of aryl methyl sites for hydroxylation is 1. The van der Waals surface area contributed by atoms with Crippen LogP contribution in [0.3, 0.4) is 0 Å². The van der Waals surface area contributed by atoms with Gasteiger partial charge >= 0.3 is 0 Å². The molecule has 1 aromatic carbocycles. The largest absolute Gasteiger partial charge is 0.497 e. The number of rotatable bonds is 4. The summed E-state index contributed by atoms with van der Waals surface area (Å²) in [6, 6.07) is 9.87. The minimum Gasteiger partial charge on any atom is -0.497 e. The van der Waals surface area contributed by atoms with Gasteiger partial charge in [0.05, 0.1) is 18.5 Å². The normalized spacial score (nSPS) is 10.2. The van der Waals surface area contributed by atoms with Gasteiger partial charge in [-0.25, -0.2) is 0 Å². The number of anilines is 2. The van der Waals surface area contributed by atoms with Crippen molar-refractivity contribution in [3.05, 3.63) is 40.1 Å². The van der Waals surface area contributed by atoms with Gasteiger partial charge in [0.1, 0.15) is 5.75 Å². The Kier molecular flexibility index (Phi) is 3.54. The lowest BCUT2D eigenvalue weighted by Crippen LogP contribution is -2.01. The van der Waals surface area contributed by atoms with Crippen molar-refractivity contribution in [2.45, 2.75) is 13.5 Å². The molecule has 0 bridgehead atoms. The highest BCUT2D eigenvalue weighted by Crippen LogP contribution is 2.25. The fourth-order valence-corrected chi connectivity index (χ4v) is 2.41. The van der Waals surface area contributed by atoms with Gasteiger partial charge in [0.2, 0.25) is 0 Å². The van der Waals surface area contributed by atoms with Gasteiger partial charge in [-0.3, -0.25) is 0 Å². The zero-order chi connectivity index (χ0) is 12.3. The Labute approximate surface area is 105 Å². The van der Waals surface area contributed by atoms with Crippen LogP contribution < -0.4 is 15.8 Å². The van der Waals surface area contributed by atoms with Gasteiger partial charge < -0.3 is 15.8 Å². The van der Waals surface area contributed by atoms with E-state index in [4.69, 9.17) is 10.5 Å². The average Bonchev–Trinajstić information content (AvgIpc) is 2.74. The van der Waals surface area contributed by atoms with Crippen LogP contribution in [0, 0.1) is 6.92 Å². The van der Waals surface area contributed by atoms with Gasteiger partial charge in [-0.15, -0.1) is 11.3 Å². The van der Waals surface area contributed by atoms with E-state index in [2.05, 4.69) is 24.4 Å². The van der Waals surface area contributed by atoms with E-state index in [-0.39, 0.29) is 0 Å². The maximum atomic E-state index is 5.90. The Morgan fingerprint density at radius 3 is 2.76 bits per heavy atom. The number of benzene rings is 1. The van der Waals surface area contributed by atoms with Gasteiger partial charge in [-0.05, 0) is 31.2 Å². The van der Waals surface area contributed by atoms with E-state index >= 15 is 0 Å². The van der Waals surface area contributed by atoms with Crippen LogP contribution in [0.15, 0.2) is 30.3 Å². The summed E-state index contributed by atoms with van der Waals surface area (Å²) in [7, 11) is 1.65. The van der Waals surface area contributed by atoms with Crippen LogP contribution >= 0.6 is 11.3 Å². The van der Waals surface area contributed by atoms with Crippen molar-refractivity contribution in [2.24, 2.45) is 0 Å². The first kappa shape index (κ1) is 11.8. The maximum Gasteiger partial charge on any atom is 0.121 e. The molecule has 0 aliphatic carbocycles. The van der Waals surface area contributed by atoms with E-state index in [1.807, 2.05) is 18.2 Å². The monoisotopic (exact) mass is 248 g/mol. The zero-order valence-corrected chi connectivity index (χ0v) is 10.8. The third-order valence-corrected chi connectivity index (χ3v) is 3.51. The highest BCUT2D eigenvalue weighted by atomic mass is 32.1. The van der Waals surface area contributed by atoms with Crippen LogP contribution in [-0.4, -0.2) is 7.11 Å². The van der Waals surface area contributed by atoms with Gasteiger partial charge in [0, 0.05) is 22.4 Å². The molecule has 2 aromatic rings. The summed E-state index contributed by atoms with van der Waals surface area (Å²) in [5.74, 6) is 0.809. The van der Waals surface area contributed by atoms with Crippen molar-refractivity contribution < 1.29 is 4.74 Å². The molecule has 1 aromatic heterocycles. The highest BCUT2D eigenvalue weighted by molar-refractivity contribution is 7.11. The minimum atomic E-state index is 0.735. The molecular weight excluding hydrogens is 232 g/mol. The lowest BCUT2D eigenvalue weighted by molar-refractivity contribution is 0.415. The second-order valence-corrected chi connectivity index (χ2v) is 5.19. The van der Waals surface area contributed by atoms with Crippen molar-refractivity contribution in [3.63, 3.8) is 0 Å². The van der Waals surface area contributed by atoms with E-state index in [0.717, 1.165) is 23.7 Å². The Bertz CT molecular complexity index is 508. The minimum absolute atomic E-state index is 0.735. The molecule has 0 spiro atoms. The molecule has 3 nitrogen and oxygen atoms in total. The van der Waals surface area contributed by atoms with Crippen molar-refractivity contribution in [2.75, 3.05) is 18.2 Å². The van der Waals surface area contributed by atoms with E-state index < -0.39 is 0 Å². The quantitative estimate of drug-likeness (QED) is 0.816. The van der Waals surface area contributed by atoms with Crippen molar-refractivity contribution >= 4 is 22.7 Å². The lowest BCUT2D eigenvalue weighted by Gasteiger charge is -2.10. The first-order valence-corrected chi connectivity index (χ1v) is 6.23. The molecule has 0 unspecified atom stereocenters. The first-order valence-electron chi connectivity index (χ1n) is 5.42. The topological polar surface area (TPSA) is 47.3 Å². The Hall–Kier alpha value is -1.68. The molecule has 4 heteroatoms. The van der Waals surface area contributed by atoms with Crippen LogP contribution in [0.4, 0.5) is 11.4 Å². The smallest absolute Gasteiger partial charge is 0.121 e. The number of ether oxygens (including phenoxy) is 1. The van der Waals surface area contributed by atoms with Crippen LogP contribution in [-0.2, 0) is 6.54 Å². The van der Waals surface area contributed by atoms with Crippen molar-refractivity contribution in [1.82, 2.24) is 0 Å². The van der Waals surface area contributed by atoms with Gasteiger partial charge in [-0.1, -0.05) is 0 Å². The standard InChI is InChI=1S/C13H16N2OS/c1-9-3-5-11(17-9)8-15-13-7-10(16-2)4-6-12(13)14/h3-7,15H,8,14H2,1-2H3. The summed E-state index contributed by atoms with van der Waals surface area (Å²) < 4.78 is 5.17. The molecule has 1 heterocycles. The predicted molar refractivity (Wildman–Crippen MR) is 73.8 cm³/mol. The Balaban J connectivity index is 2.07. The second kappa shape index (κ2) is 5.10. The SMILES string of the molecule is COc1ccc(N)c(NCc2ccc(C)s2)c1. The van der Waals surface area contributed by atoms with Crippen LogP contribution in [0.1, 0.15) is 9.75 Å². The third-order valence-electron chi connectivity index (χ3n) is 2.51. The van der Waals surface area contributed by atoms with Gasteiger partial charge in [-0.2, -0.15) is 0 Å².